The van der Waals surface area contributed by atoms with Crippen LogP contribution in [-0.4, -0.2) is 38.7 Å². The third kappa shape index (κ3) is 7.16. The highest BCUT2D eigenvalue weighted by molar-refractivity contribution is 7.89. The number of likely N-dealkylation sites (N-methyl/N-ethyl adjacent to an activating group) is 1. The van der Waals surface area contributed by atoms with Crippen LogP contribution >= 0.6 is 11.6 Å². The largest absolute Gasteiger partial charge is 0.357 e. The van der Waals surface area contributed by atoms with Crippen molar-refractivity contribution >= 4 is 33.4 Å². The van der Waals surface area contributed by atoms with Crippen LogP contribution in [0.5, 0.6) is 0 Å². The molecule has 3 aromatic carbocycles. The predicted molar refractivity (Wildman–Crippen MR) is 141 cm³/mol. The summed E-state index contributed by atoms with van der Waals surface area (Å²) in [6, 6.07) is 22.0. The monoisotopic (exact) mass is 527 g/mol. The quantitative estimate of drug-likeness (QED) is 0.392. The molecule has 0 aromatic heterocycles. The zero-order valence-corrected chi connectivity index (χ0v) is 21.9. The lowest BCUT2D eigenvalue weighted by Gasteiger charge is -2.31. The SMILES string of the molecule is CCNS(=O)(=O)c1ccc(CCC(=O)N(Cc2ccc(Cl)cc2)C(C(=O)NC)c2ccccc2)cc1. The Kier molecular flexibility index (Phi) is 9.64. The average molecular weight is 528 g/mol. The van der Waals surface area contributed by atoms with Crippen LogP contribution in [0.3, 0.4) is 0 Å². The highest BCUT2D eigenvalue weighted by Gasteiger charge is 2.30. The van der Waals surface area contributed by atoms with Gasteiger partial charge in [-0.1, -0.05) is 73.1 Å². The summed E-state index contributed by atoms with van der Waals surface area (Å²) < 4.78 is 26.8. The second-order valence-corrected chi connectivity index (χ2v) is 10.4. The van der Waals surface area contributed by atoms with Gasteiger partial charge in [-0.05, 0) is 47.4 Å². The summed E-state index contributed by atoms with van der Waals surface area (Å²) in [5, 5.41) is 3.27. The van der Waals surface area contributed by atoms with Crippen molar-refractivity contribution in [1.82, 2.24) is 14.9 Å². The fourth-order valence-corrected chi connectivity index (χ4v) is 5.03. The number of nitrogens with zero attached hydrogens (tertiary/aromatic N) is 1. The molecule has 9 heteroatoms. The second kappa shape index (κ2) is 12.7. The van der Waals surface area contributed by atoms with Gasteiger partial charge in [-0.3, -0.25) is 9.59 Å². The van der Waals surface area contributed by atoms with Crippen LogP contribution < -0.4 is 10.0 Å². The summed E-state index contributed by atoms with van der Waals surface area (Å²) in [5.41, 5.74) is 2.37. The molecule has 0 aliphatic rings. The molecular formula is C27H30ClN3O4S. The van der Waals surface area contributed by atoms with E-state index in [0.717, 1.165) is 11.1 Å². The number of sulfonamides is 1. The van der Waals surface area contributed by atoms with Gasteiger partial charge in [0.1, 0.15) is 6.04 Å². The average Bonchev–Trinajstić information content (AvgIpc) is 2.88. The molecule has 0 fully saturated rings. The molecule has 0 aliphatic heterocycles. The van der Waals surface area contributed by atoms with E-state index in [-0.39, 0.29) is 29.7 Å². The van der Waals surface area contributed by atoms with Gasteiger partial charge in [-0.15, -0.1) is 0 Å². The maximum atomic E-state index is 13.5. The molecule has 3 aromatic rings. The van der Waals surface area contributed by atoms with E-state index in [0.29, 0.717) is 23.6 Å². The summed E-state index contributed by atoms with van der Waals surface area (Å²) in [6.07, 6.45) is 0.542. The molecule has 0 spiro atoms. The molecule has 190 valence electrons. The van der Waals surface area contributed by atoms with E-state index in [1.54, 1.807) is 43.1 Å². The van der Waals surface area contributed by atoms with Crippen LogP contribution in [0.25, 0.3) is 0 Å². The van der Waals surface area contributed by atoms with E-state index < -0.39 is 16.1 Å². The molecular weight excluding hydrogens is 498 g/mol. The number of aryl methyl sites for hydroxylation is 1. The summed E-state index contributed by atoms with van der Waals surface area (Å²) in [5.74, 6) is -0.492. The summed E-state index contributed by atoms with van der Waals surface area (Å²) in [7, 11) is -2.00. The third-order valence-electron chi connectivity index (χ3n) is 5.70. The van der Waals surface area contributed by atoms with Crippen molar-refractivity contribution in [2.75, 3.05) is 13.6 Å². The fourth-order valence-electron chi connectivity index (χ4n) is 3.86. The van der Waals surface area contributed by atoms with Crippen molar-refractivity contribution in [3.63, 3.8) is 0 Å². The molecule has 1 atom stereocenters. The van der Waals surface area contributed by atoms with Crippen molar-refractivity contribution in [2.45, 2.75) is 37.2 Å². The van der Waals surface area contributed by atoms with Crippen LogP contribution in [0.15, 0.2) is 83.8 Å². The smallest absolute Gasteiger partial charge is 0.247 e. The van der Waals surface area contributed by atoms with Crippen molar-refractivity contribution < 1.29 is 18.0 Å². The van der Waals surface area contributed by atoms with Crippen molar-refractivity contribution in [2.24, 2.45) is 0 Å². The summed E-state index contributed by atoms with van der Waals surface area (Å²) >= 11 is 6.03. The Morgan fingerprint density at radius 3 is 2.11 bits per heavy atom. The lowest BCUT2D eigenvalue weighted by atomic mass is 10.0. The van der Waals surface area contributed by atoms with Gasteiger partial charge in [0.2, 0.25) is 21.8 Å². The lowest BCUT2D eigenvalue weighted by molar-refractivity contribution is -0.141. The lowest BCUT2D eigenvalue weighted by Crippen LogP contribution is -2.42. The molecule has 1 unspecified atom stereocenters. The van der Waals surface area contributed by atoms with E-state index in [1.165, 1.54) is 12.1 Å². The Bertz CT molecular complexity index is 1260. The number of nitrogens with one attached hydrogen (secondary N) is 2. The van der Waals surface area contributed by atoms with Gasteiger partial charge >= 0.3 is 0 Å². The highest BCUT2D eigenvalue weighted by atomic mass is 35.5. The van der Waals surface area contributed by atoms with Crippen molar-refractivity contribution in [1.29, 1.82) is 0 Å². The molecule has 2 amide bonds. The Balaban J connectivity index is 1.85. The van der Waals surface area contributed by atoms with Crippen LogP contribution in [0.2, 0.25) is 5.02 Å². The number of amides is 2. The van der Waals surface area contributed by atoms with Gasteiger partial charge in [-0.25, -0.2) is 13.1 Å². The first-order valence-corrected chi connectivity index (χ1v) is 13.5. The van der Waals surface area contributed by atoms with Gasteiger partial charge in [0.15, 0.2) is 0 Å². The minimum atomic E-state index is -3.54. The number of carbonyl (C=O) groups is 2. The topological polar surface area (TPSA) is 95.6 Å². The zero-order valence-electron chi connectivity index (χ0n) is 20.3. The van der Waals surface area contributed by atoms with E-state index in [4.69, 9.17) is 11.6 Å². The molecule has 0 saturated carbocycles. The standard InChI is InChI=1S/C27H30ClN3O4S/c1-3-30-36(34,35)24-16-11-20(12-17-24)13-18-25(32)31(19-21-9-14-23(28)15-10-21)26(27(33)29-2)22-7-5-4-6-8-22/h4-12,14-17,26,30H,3,13,18-19H2,1-2H3,(H,29,33). The van der Waals surface area contributed by atoms with Crippen molar-refractivity contribution in [3.8, 4) is 0 Å². The molecule has 36 heavy (non-hydrogen) atoms. The zero-order chi connectivity index (χ0) is 26.1. The van der Waals surface area contributed by atoms with Crippen LogP contribution in [0, 0.1) is 0 Å². The maximum absolute atomic E-state index is 13.5. The Labute approximate surface area is 217 Å². The number of hydrogen-bond donors (Lipinski definition) is 2. The van der Waals surface area contributed by atoms with Crippen LogP contribution in [0.1, 0.15) is 36.1 Å². The molecule has 0 bridgehead atoms. The maximum Gasteiger partial charge on any atom is 0.247 e. The molecule has 0 saturated heterocycles. The van der Waals surface area contributed by atoms with Gasteiger partial charge in [0.25, 0.3) is 0 Å². The molecule has 7 nitrogen and oxygen atoms in total. The van der Waals surface area contributed by atoms with Crippen molar-refractivity contribution in [3.05, 3.63) is 101 Å². The van der Waals surface area contributed by atoms with E-state index >= 15 is 0 Å². The van der Waals surface area contributed by atoms with Gasteiger partial charge in [-0.2, -0.15) is 0 Å². The number of hydrogen-bond acceptors (Lipinski definition) is 4. The number of carbonyl (C=O) groups excluding carboxylic acids is 2. The Hall–Kier alpha value is -3.20. The summed E-state index contributed by atoms with van der Waals surface area (Å²) in [4.78, 5) is 28.3. The summed E-state index contributed by atoms with van der Waals surface area (Å²) in [6.45, 7) is 2.24. The molecule has 0 heterocycles. The number of rotatable bonds is 11. The number of benzene rings is 3. The molecule has 3 rings (SSSR count). The predicted octanol–water partition coefficient (Wildman–Crippen LogP) is 4.09. The van der Waals surface area contributed by atoms with E-state index in [2.05, 4.69) is 10.0 Å². The van der Waals surface area contributed by atoms with Gasteiger partial charge in [0, 0.05) is 31.6 Å². The molecule has 0 radical (unpaired) electrons. The van der Waals surface area contributed by atoms with Crippen LogP contribution in [-0.2, 0) is 32.6 Å². The number of halogens is 1. The Morgan fingerprint density at radius 1 is 0.917 bits per heavy atom. The minimum Gasteiger partial charge on any atom is -0.357 e. The second-order valence-electron chi connectivity index (χ2n) is 8.22. The Morgan fingerprint density at radius 2 is 1.53 bits per heavy atom. The first-order valence-electron chi connectivity index (χ1n) is 11.6. The first kappa shape index (κ1) is 27.4. The van der Waals surface area contributed by atoms with Gasteiger partial charge in [0.05, 0.1) is 4.90 Å². The minimum absolute atomic E-state index is 0.146. The first-order chi connectivity index (χ1) is 17.2. The highest BCUT2D eigenvalue weighted by Crippen LogP contribution is 2.25. The van der Waals surface area contributed by atoms with E-state index in [1.807, 2.05) is 42.5 Å². The van der Waals surface area contributed by atoms with Crippen LogP contribution in [0.4, 0.5) is 0 Å². The normalized spacial score (nSPS) is 12.1. The van der Waals surface area contributed by atoms with E-state index in [9.17, 15) is 18.0 Å². The van der Waals surface area contributed by atoms with Gasteiger partial charge < -0.3 is 10.2 Å². The molecule has 0 aliphatic carbocycles. The third-order valence-corrected chi connectivity index (χ3v) is 7.52. The molecule has 2 N–H and O–H groups in total. The fraction of sp³-hybridized carbons (Fsp3) is 0.259.